The predicted octanol–water partition coefficient (Wildman–Crippen LogP) is 3.71. The zero-order valence-corrected chi connectivity index (χ0v) is 12.2. The van der Waals surface area contributed by atoms with Crippen LogP contribution in [0.15, 0.2) is 36.4 Å². The van der Waals surface area contributed by atoms with E-state index in [-0.39, 0.29) is 19.0 Å². The molecule has 0 aliphatic heterocycles. The standard InChI is InChI=1S/C17H14ClFO2/c1-12-7-16(4-5-17(12)18)21-11-14-8-13(3-2-6-20)9-15(19)10-14/h4-5,7-10,20H,6,11H2,1H3. The minimum Gasteiger partial charge on any atom is -0.489 e. The van der Waals surface area contributed by atoms with E-state index in [0.717, 1.165) is 5.56 Å². The highest BCUT2D eigenvalue weighted by molar-refractivity contribution is 6.31. The molecule has 0 saturated heterocycles. The highest BCUT2D eigenvalue weighted by atomic mass is 35.5. The van der Waals surface area contributed by atoms with Gasteiger partial charge in [-0.2, -0.15) is 0 Å². The van der Waals surface area contributed by atoms with E-state index in [0.29, 0.717) is 21.9 Å². The molecule has 108 valence electrons. The predicted molar refractivity (Wildman–Crippen MR) is 80.9 cm³/mol. The Hall–Kier alpha value is -2.02. The van der Waals surface area contributed by atoms with E-state index >= 15 is 0 Å². The number of hydrogen-bond donors (Lipinski definition) is 1. The average molecular weight is 305 g/mol. The van der Waals surface area contributed by atoms with Gasteiger partial charge in [-0.3, -0.25) is 0 Å². The van der Waals surface area contributed by atoms with Gasteiger partial charge in [0.25, 0.3) is 0 Å². The number of halogens is 2. The van der Waals surface area contributed by atoms with Gasteiger partial charge in [0.2, 0.25) is 0 Å². The SMILES string of the molecule is Cc1cc(OCc2cc(F)cc(C#CCO)c2)ccc1Cl. The van der Waals surface area contributed by atoms with E-state index in [9.17, 15) is 4.39 Å². The Kier molecular flexibility index (Phi) is 5.21. The van der Waals surface area contributed by atoms with Crippen molar-refractivity contribution in [2.45, 2.75) is 13.5 Å². The Morgan fingerprint density at radius 2 is 2.05 bits per heavy atom. The van der Waals surface area contributed by atoms with Gasteiger partial charge in [-0.25, -0.2) is 4.39 Å². The molecule has 2 aromatic carbocycles. The lowest BCUT2D eigenvalue weighted by Crippen LogP contribution is -1.97. The van der Waals surface area contributed by atoms with Gasteiger partial charge in [0.15, 0.2) is 0 Å². The van der Waals surface area contributed by atoms with Crippen molar-refractivity contribution in [2.24, 2.45) is 0 Å². The molecule has 0 amide bonds. The van der Waals surface area contributed by atoms with Crippen LogP contribution in [0.5, 0.6) is 5.75 Å². The van der Waals surface area contributed by atoms with Crippen molar-refractivity contribution in [3.8, 4) is 17.6 Å². The summed E-state index contributed by atoms with van der Waals surface area (Å²) in [6.45, 7) is 1.86. The maximum absolute atomic E-state index is 13.5. The van der Waals surface area contributed by atoms with Crippen LogP contribution in [0.3, 0.4) is 0 Å². The summed E-state index contributed by atoms with van der Waals surface area (Å²) in [7, 11) is 0. The highest BCUT2D eigenvalue weighted by Gasteiger charge is 2.02. The van der Waals surface area contributed by atoms with E-state index in [1.165, 1.54) is 12.1 Å². The van der Waals surface area contributed by atoms with Crippen molar-refractivity contribution in [3.05, 3.63) is 63.9 Å². The van der Waals surface area contributed by atoms with E-state index in [2.05, 4.69) is 11.8 Å². The molecular weight excluding hydrogens is 291 g/mol. The minimum absolute atomic E-state index is 0.229. The molecule has 2 nitrogen and oxygen atoms in total. The van der Waals surface area contributed by atoms with Crippen LogP contribution in [-0.4, -0.2) is 11.7 Å². The van der Waals surface area contributed by atoms with E-state index in [4.69, 9.17) is 21.4 Å². The molecule has 0 aliphatic rings. The first-order chi connectivity index (χ1) is 10.1. The van der Waals surface area contributed by atoms with Crippen LogP contribution in [0, 0.1) is 24.6 Å². The molecule has 0 atom stereocenters. The average Bonchev–Trinajstić information content (AvgIpc) is 2.46. The van der Waals surface area contributed by atoms with Crippen molar-refractivity contribution in [1.82, 2.24) is 0 Å². The fourth-order valence-electron chi connectivity index (χ4n) is 1.82. The van der Waals surface area contributed by atoms with Crippen molar-refractivity contribution in [2.75, 3.05) is 6.61 Å². The topological polar surface area (TPSA) is 29.5 Å². The van der Waals surface area contributed by atoms with E-state index in [1.54, 1.807) is 18.2 Å². The molecule has 4 heteroatoms. The molecule has 0 aliphatic carbocycles. The Morgan fingerprint density at radius 1 is 1.24 bits per heavy atom. The largest absolute Gasteiger partial charge is 0.489 e. The molecule has 0 saturated carbocycles. The van der Waals surface area contributed by atoms with Gasteiger partial charge >= 0.3 is 0 Å². The Bertz CT molecular complexity index is 702. The van der Waals surface area contributed by atoms with E-state index in [1.807, 2.05) is 13.0 Å². The lowest BCUT2D eigenvalue weighted by atomic mass is 10.1. The monoisotopic (exact) mass is 304 g/mol. The molecule has 0 spiro atoms. The molecule has 0 heterocycles. The van der Waals surface area contributed by atoms with Gasteiger partial charge in [-0.05, 0) is 54.4 Å². The van der Waals surface area contributed by atoms with Crippen LogP contribution >= 0.6 is 11.6 Å². The number of hydrogen-bond acceptors (Lipinski definition) is 2. The zero-order chi connectivity index (χ0) is 15.2. The summed E-state index contributed by atoms with van der Waals surface area (Å²) in [5.41, 5.74) is 2.10. The Morgan fingerprint density at radius 3 is 2.76 bits per heavy atom. The third-order valence-corrected chi connectivity index (χ3v) is 3.23. The Labute approximate surface area is 128 Å². The van der Waals surface area contributed by atoms with Crippen LogP contribution < -0.4 is 4.74 Å². The van der Waals surface area contributed by atoms with Crippen molar-refractivity contribution < 1.29 is 14.2 Å². The first-order valence-corrected chi connectivity index (χ1v) is 6.74. The fraction of sp³-hybridized carbons (Fsp3) is 0.176. The smallest absolute Gasteiger partial charge is 0.124 e. The van der Waals surface area contributed by atoms with E-state index < -0.39 is 0 Å². The molecule has 0 bridgehead atoms. The summed E-state index contributed by atoms with van der Waals surface area (Å²) in [5.74, 6) is 5.45. The minimum atomic E-state index is -0.384. The second-order valence-electron chi connectivity index (χ2n) is 4.51. The molecule has 1 N–H and O–H groups in total. The fourth-order valence-corrected chi connectivity index (χ4v) is 1.94. The lowest BCUT2D eigenvalue weighted by molar-refractivity contribution is 0.305. The number of benzene rings is 2. The molecule has 2 rings (SSSR count). The molecule has 0 radical (unpaired) electrons. The number of ether oxygens (including phenoxy) is 1. The van der Waals surface area contributed by atoms with Crippen LogP contribution in [0.25, 0.3) is 0 Å². The second kappa shape index (κ2) is 7.12. The van der Waals surface area contributed by atoms with Crippen molar-refractivity contribution in [1.29, 1.82) is 0 Å². The van der Waals surface area contributed by atoms with Crippen LogP contribution in [0.1, 0.15) is 16.7 Å². The summed E-state index contributed by atoms with van der Waals surface area (Å²) in [6.07, 6.45) is 0. The molecule has 0 aromatic heterocycles. The summed E-state index contributed by atoms with van der Waals surface area (Å²) in [6, 6.07) is 9.80. The van der Waals surface area contributed by atoms with Gasteiger partial charge in [0, 0.05) is 10.6 Å². The summed E-state index contributed by atoms with van der Waals surface area (Å²) < 4.78 is 19.1. The summed E-state index contributed by atoms with van der Waals surface area (Å²) in [5, 5.41) is 9.34. The molecule has 21 heavy (non-hydrogen) atoms. The molecule has 0 fully saturated rings. The quantitative estimate of drug-likeness (QED) is 0.876. The zero-order valence-electron chi connectivity index (χ0n) is 11.5. The number of aliphatic hydroxyl groups excluding tert-OH is 1. The normalized spacial score (nSPS) is 9.90. The summed E-state index contributed by atoms with van der Waals surface area (Å²) in [4.78, 5) is 0. The van der Waals surface area contributed by atoms with Gasteiger partial charge in [0.05, 0.1) is 0 Å². The van der Waals surface area contributed by atoms with Gasteiger partial charge in [-0.15, -0.1) is 0 Å². The first kappa shape index (κ1) is 15.4. The van der Waals surface area contributed by atoms with Crippen LogP contribution in [0.2, 0.25) is 5.02 Å². The summed E-state index contributed by atoms with van der Waals surface area (Å²) >= 11 is 5.95. The van der Waals surface area contributed by atoms with Crippen LogP contribution in [0.4, 0.5) is 4.39 Å². The maximum Gasteiger partial charge on any atom is 0.124 e. The van der Waals surface area contributed by atoms with Crippen LogP contribution in [-0.2, 0) is 6.61 Å². The number of aliphatic hydroxyl groups is 1. The molecular formula is C17H14ClFO2. The number of aryl methyl sites for hydroxylation is 1. The highest BCUT2D eigenvalue weighted by Crippen LogP contribution is 2.22. The van der Waals surface area contributed by atoms with Crippen molar-refractivity contribution >= 4 is 11.6 Å². The third-order valence-electron chi connectivity index (χ3n) is 2.80. The third kappa shape index (κ3) is 4.49. The molecule has 0 unspecified atom stereocenters. The number of rotatable bonds is 3. The van der Waals surface area contributed by atoms with Gasteiger partial charge in [0.1, 0.15) is 24.8 Å². The van der Waals surface area contributed by atoms with Gasteiger partial charge in [-0.1, -0.05) is 23.4 Å². The molecule has 2 aromatic rings. The lowest BCUT2D eigenvalue weighted by Gasteiger charge is -2.08. The second-order valence-corrected chi connectivity index (χ2v) is 4.91. The Balaban J connectivity index is 2.12. The maximum atomic E-state index is 13.5. The first-order valence-electron chi connectivity index (χ1n) is 6.36. The van der Waals surface area contributed by atoms with Gasteiger partial charge < -0.3 is 9.84 Å². The van der Waals surface area contributed by atoms with Crippen molar-refractivity contribution in [3.63, 3.8) is 0 Å².